The second-order valence-electron chi connectivity index (χ2n) is 8.95. The molecule has 0 fully saturated rings. The molecular formula is C27H26N2OSi. The molecule has 0 aliphatic carbocycles. The zero-order chi connectivity index (χ0) is 23.4. The number of nitrogens with zero attached hydrogens (tertiary/aromatic N) is 2. The predicted octanol–water partition coefficient (Wildman–Crippen LogP) is 6.49. The fraction of sp³-hybridized carbons (Fsp3) is 0.185. The van der Waals surface area contributed by atoms with E-state index >= 15 is 0 Å². The van der Waals surface area contributed by atoms with Gasteiger partial charge >= 0.3 is 0 Å². The molecule has 154 valence electrons. The van der Waals surface area contributed by atoms with Crippen molar-refractivity contribution >= 4 is 35.3 Å². The zero-order valence-electron chi connectivity index (χ0n) is 20.2. The van der Waals surface area contributed by atoms with E-state index in [2.05, 4.69) is 36.8 Å². The average Bonchev–Trinajstić information content (AvgIpc) is 3.16. The highest BCUT2D eigenvalue weighted by Gasteiger charge is 2.19. The molecule has 0 radical (unpaired) electrons. The standard InChI is InChI=1S/C27H26N2OSi/c1-18-15-20(16-19-9-6-5-7-10-19)25-23-12-8-11-22(26(23)30-27(25)29-18)24-14-13-21(17-28-24)31(2,3)4/h5-15,17H,16H2,1-4H3/i16D2. The van der Waals surface area contributed by atoms with E-state index in [0.717, 1.165) is 22.3 Å². The molecule has 0 amide bonds. The van der Waals surface area contributed by atoms with Crippen LogP contribution in [0.25, 0.3) is 33.3 Å². The van der Waals surface area contributed by atoms with Crippen molar-refractivity contribution in [3.63, 3.8) is 0 Å². The first-order chi connectivity index (χ1) is 15.7. The molecule has 0 unspecified atom stereocenters. The Morgan fingerprint density at radius 3 is 2.48 bits per heavy atom. The molecule has 0 saturated heterocycles. The summed E-state index contributed by atoms with van der Waals surface area (Å²) in [6, 6.07) is 21.3. The van der Waals surface area contributed by atoms with Crippen LogP contribution in [-0.2, 0) is 6.37 Å². The van der Waals surface area contributed by atoms with E-state index in [1.807, 2.05) is 67.7 Å². The summed E-state index contributed by atoms with van der Waals surface area (Å²) in [4.78, 5) is 9.37. The van der Waals surface area contributed by atoms with Crippen LogP contribution in [0.3, 0.4) is 0 Å². The summed E-state index contributed by atoms with van der Waals surface area (Å²) >= 11 is 0. The monoisotopic (exact) mass is 424 g/mol. The minimum Gasteiger partial charge on any atom is -0.437 e. The largest absolute Gasteiger partial charge is 0.437 e. The van der Waals surface area contributed by atoms with Crippen molar-refractivity contribution in [2.45, 2.75) is 32.9 Å². The van der Waals surface area contributed by atoms with Gasteiger partial charge in [-0.25, -0.2) is 4.98 Å². The number of rotatable bonds is 4. The number of furan rings is 1. The number of para-hydroxylation sites is 1. The van der Waals surface area contributed by atoms with Crippen LogP contribution >= 0.6 is 0 Å². The van der Waals surface area contributed by atoms with Gasteiger partial charge in [-0.2, -0.15) is 0 Å². The van der Waals surface area contributed by atoms with Gasteiger partial charge in [0.05, 0.1) is 19.2 Å². The molecule has 0 spiro atoms. The van der Waals surface area contributed by atoms with Crippen molar-refractivity contribution in [3.8, 4) is 11.3 Å². The molecule has 0 atom stereocenters. The Bertz CT molecular complexity index is 1470. The molecule has 0 aliphatic heterocycles. The van der Waals surface area contributed by atoms with Crippen LogP contribution in [0.1, 0.15) is 19.6 Å². The lowest BCUT2D eigenvalue weighted by atomic mass is 9.99. The van der Waals surface area contributed by atoms with Crippen molar-refractivity contribution in [3.05, 3.63) is 89.7 Å². The molecule has 3 aromatic heterocycles. The number of benzene rings is 2. The van der Waals surface area contributed by atoms with E-state index in [1.54, 1.807) is 0 Å². The maximum absolute atomic E-state index is 8.99. The lowest BCUT2D eigenvalue weighted by Gasteiger charge is -2.16. The first kappa shape index (κ1) is 17.4. The van der Waals surface area contributed by atoms with Gasteiger partial charge in [-0.05, 0) is 47.8 Å². The van der Waals surface area contributed by atoms with Crippen LogP contribution in [0.2, 0.25) is 19.6 Å². The fourth-order valence-corrected chi connectivity index (χ4v) is 4.93. The van der Waals surface area contributed by atoms with Gasteiger partial charge in [-0.3, -0.25) is 4.98 Å². The van der Waals surface area contributed by atoms with E-state index < -0.39 is 14.4 Å². The number of hydrogen-bond acceptors (Lipinski definition) is 3. The molecule has 5 aromatic rings. The summed E-state index contributed by atoms with van der Waals surface area (Å²) in [6.45, 7) is 8.79. The summed E-state index contributed by atoms with van der Waals surface area (Å²) < 4.78 is 24.3. The molecule has 5 rings (SSSR count). The van der Waals surface area contributed by atoms with Crippen LogP contribution in [0.5, 0.6) is 0 Å². The van der Waals surface area contributed by atoms with E-state index in [1.165, 1.54) is 5.19 Å². The average molecular weight is 425 g/mol. The van der Waals surface area contributed by atoms with Crippen molar-refractivity contribution in [2.75, 3.05) is 0 Å². The summed E-state index contributed by atoms with van der Waals surface area (Å²) in [7, 11) is -1.44. The van der Waals surface area contributed by atoms with Crippen LogP contribution in [0.4, 0.5) is 0 Å². The fourth-order valence-electron chi connectivity index (χ4n) is 3.89. The van der Waals surface area contributed by atoms with Crippen molar-refractivity contribution in [2.24, 2.45) is 0 Å². The minimum atomic E-state index is -1.70. The lowest BCUT2D eigenvalue weighted by molar-refractivity contribution is 0.653. The van der Waals surface area contributed by atoms with Crippen LogP contribution in [-0.4, -0.2) is 18.0 Å². The highest BCUT2D eigenvalue weighted by Crippen LogP contribution is 2.36. The summed E-state index contributed by atoms with van der Waals surface area (Å²) in [6.07, 6.45) is 0.280. The molecule has 0 saturated carbocycles. The van der Waals surface area contributed by atoms with Gasteiger partial charge in [-0.15, -0.1) is 0 Å². The summed E-state index contributed by atoms with van der Waals surface area (Å²) in [5, 5.41) is 2.87. The van der Waals surface area contributed by atoms with Gasteiger partial charge in [0.2, 0.25) is 5.71 Å². The van der Waals surface area contributed by atoms with Crippen LogP contribution in [0, 0.1) is 6.92 Å². The molecule has 0 N–H and O–H groups in total. The first-order valence-corrected chi connectivity index (χ1v) is 14.0. The first-order valence-electron chi connectivity index (χ1n) is 11.5. The van der Waals surface area contributed by atoms with E-state index in [0.29, 0.717) is 27.8 Å². The Balaban J connectivity index is 1.75. The highest BCUT2D eigenvalue weighted by molar-refractivity contribution is 6.88. The molecule has 0 bridgehead atoms. The van der Waals surface area contributed by atoms with E-state index in [4.69, 9.17) is 12.1 Å². The number of hydrogen-bond donors (Lipinski definition) is 0. The Morgan fingerprint density at radius 1 is 0.968 bits per heavy atom. The van der Waals surface area contributed by atoms with Crippen molar-refractivity contribution < 1.29 is 7.16 Å². The Hall–Kier alpha value is -3.24. The van der Waals surface area contributed by atoms with E-state index in [9.17, 15) is 0 Å². The number of aryl methyl sites for hydroxylation is 1. The predicted molar refractivity (Wildman–Crippen MR) is 132 cm³/mol. The summed E-state index contributed by atoms with van der Waals surface area (Å²) in [5.41, 5.74) is 4.74. The number of fused-ring (bicyclic) bond motifs is 3. The molecule has 2 aromatic carbocycles. The molecule has 3 heterocycles. The van der Waals surface area contributed by atoms with Gasteiger partial charge in [0.15, 0.2) is 0 Å². The normalized spacial score (nSPS) is 13.4. The molecule has 0 aliphatic rings. The maximum Gasteiger partial charge on any atom is 0.227 e. The quantitative estimate of drug-likeness (QED) is 0.310. The smallest absolute Gasteiger partial charge is 0.227 e. The van der Waals surface area contributed by atoms with Crippen molar-refractivity contribution in [1.82, 2.24) is 9.97 Å². The maximum atomic E-state index is 8.99. The van der Waals surface area contributed by atoms with Gasteiger partial charge in [0, 0.05) is 25.6 Å². The number of aromatic nitrogens is 2. The van der Waals surface area contributed by atoms with Gasteiger partial charge in [0.25, 0.3) is 0 Å². The third-order valence-corrected chi connectivity index (χ3v) is 7.58. The molecular weight excluding hydrogens is 396 g/mol. The second kappa shape index (κ2) is 7.47. The van der Waals surface area contributed by atoms with Gasteiger partial charge in [0.1, 0.15) is 5.58 Å². The molecule has 4 heteroatoms. The topological polar surface area (TPSA) is 38.9 Å². The van der Waals surface area contributed by atoms with Gasteiger partial charge < -0.3 is 4.42 Å². The second-order valence-corrected chi connectivity index (χ2v) is 14.0. The highest BCUT2D eigenvalue weighted by atomic mass is 28.3. The molecule has 3 nitrogen and oxygen atoms in total. The Labute approximate surface area is 186 Å². The summed E-state index contributed by atoms with van der Waals surface area (Å²) in [5.74, 6) is 0. The zero-order valence-corrected chi connectivity index (χ0v) is 19.2. The molecule has 31 heavy (non-hydrogen) atoms. The lowest BCUT2D eigenvalue weighted by Crippen LogP contribution is -2.37. The Kier molecular flexibility index (Phi) is 4.20. The van der Waals surface area contributed by atoms with Crippen LogP contribution < -0.4 is 5.19 Å². The SMILES string of the molecule is [2H]C([2H])(c1ccccc1)c1cc(C)nc2oc3c(-c4ccc([Si](C)(C)C)cn4)cccc3c12. The van der Waals surface area contributed by atoms with E-state index in [-0.39, 0.29) is 0 Å². The minimum absolute atomic E-state index is 0.450. The van der Waals surface area contributed by atoms with Crippen LogP contribution in [0.15, 0.2) is 77.3 Å². The Morgan fingerprint density at radius 2 is 1.77 bits per heavy atom. The third-order valence-electron chi connectivity index (χ3n) is 5.56. The van der Waals surface area contributed by atoms with Crippen molar-refractivity contribution in [1.29, 1.82) is 0 Å². The number of pyridine rings is 2. The van der Waals surface area contributed by atoms with Gasteiger partial charge in [-0.1, -0.05) is 68.2 Å². The third kappa shape index (κ3) is 3.68.